The van der Waals surface area contributed by atoms with E-state index in [1.54, 1.807) is 24.3 Å². The van der Waals surface area contributed by atoms with Gasteiger partial charge in [0.15, 0.2) is 0 Å². The summed E-state index contributed by atoms with van der Waals surface area (Å²) in [6.45, 7) is 15.4. The number of rotatable bonds is 9. The first-order valence-corrected chi connectivity index (χ1v) is 19.8. The molecule has 4 aliphatic rings. The maximum Gasteiger partial charge on any atom is 0.391 e. The Bertz CT molecular complexity index is 1720. The molecule has 12 nitrogen and oxygen atoms in total. The first kappa shape index (κ1) is 39.5. The highest BCUT2D eigenvalue weighted by Gasteiger charge is 2.43. The molecule has 2 aromatic rings. The summed E-state index contributed by atoms with van der Waals surface area (Å²) in [4.78, 5) is 48.5. The number of nitriles is 1. The van der Waals surface area contributed by atoms with Crippen LogP contribution in [0.1, 0.15) is 58.2 Å². The Labute approximate surface area is 301 Å². The Morgan fingerprint density at radius 2 is 1.36 bits per heavy atom. The second-order valence-corrected chi connectivity index (χ2v) is 17.8. The Hall–Kier alpha value is -3.33. The van der Waals surface area contributed by atoms with Crippen LogP contribution in [0.25, 0.3) is 0 Å². The summed E-state index contributed by atoms with van der Waals surface area (Å²) in [7, 11) is 0.499. The van der Waals surface area contributed by atoms with Crippen LogP contribution in [0.2, 0.25) is 0 Å². The lowest BCUT2D eigenvalue weighted by Crippen LogP contribution is -2.29. The lowest BCUT2D eigenvalue weighted by molar-refractivity contribution is -0.117. The van der Waals surface area contributed by atoms with Crippen LogP contribution < -0.4 is 9.05 Å². The molecule has 0 unspecified atom stereocenters. The van der Waals surface area contributed by atoms with Crippen LogP contribution in [0.15, 0.2) is 65.6 Å². The Balaban J connectivity index is 0.000000169. The number of nitrogens with zero attached hydrogens (tertiary/aromatic N) is 4. The number of hydrogen-bond acceptors (Lipinski definition) is 13. The van der Waals surface area contributed by atoms with Gasteiger partial charge in [0.25, 0.3) is 0 Å². The van der Waals surface area contributed by atoms with Gasteiger partial charge in [0.05, 0.1) is 17.3 Å². The second-order valence-electron chi connectivity index (χ2n) is 14.0. The number of hydrogen-bond donors (Lipinski definition) is 2. The van der Waals surface area contributed by atoms with Gasteiger partial charge in [-0.3, -0.25) is 9.59 Å². The fourth-order valence-electron chi connectivity index (χ4n) is 4.89. The smallest absolute Gasteiger partial charge is 0.391 e. The van der Waals surface area contributed by atoms with Gasteiger partial charge in [-0.05, 0) is 46.7 Å². The molecular weight excluding hydrogens is 698 g/mol. The van der Waals surface area contributed by atoms with Crippen molar-refractivity contribution in [3.63, 3.8) is 0 Å². The van der Waals surface area contributed by atoms with E-state index in [0.717, 1.165) is 44.8 Å². The molecule has 0 atom stereocenters. The maximum absolute atomic E-state index is 12.4. The molecule has 1 aliphatic carbocycles. The number of carbonyl (C=O) groups excluding carboxylic acids is 2. The van der Waals surface area contributed by atoms with Gasteiger partial charge in [0.1, 0.15) is 22.9 Å². The van der Waals surface area contributed by atoms with Crippen molar-refractivity contribution in [1.29, 1.82) is 5.26 Å². The van der Waals surface area contributed by atoms with Gasteiger partial charge in [0.2, 0.25) is 11.6 Å². The first-order chi connectivity index (χ1) is 23.4. The van der Waals surface area contributed by atoms with Crippen LogP contribution in [0.3, 0.4) is 0 Å². The zero-order valence-corrected chi connectivity index (χ0v) is 32.4. The normalized spacial score (nSPS) is 16.9. The van der Waals surface area contributed by atoms with Crippen molar-refractivity contribution >= 4 is 38.7 Å². The van der Waals surface area contributed by atoms with Crippen LogP contribution in [-0.2, 0) is 41.3 Å². The Morgan fingerprint density at radius 1 is 0.820 bits per heavy atom. The second kappa shape index (κ2) is 15.9. The van der Waals surface area contributed by atoms with Crippen molar-refractivity contribution in [2.24, 2.45) is 0 Å². The van der Waals surface area contributed by atoms with Crippen LogP contribution >= 0.6 is 15.3 Å². The summed E-state index contributed by atoms with van der Waals surface area (Å²) in [6.07, 6.45) is 1.52. The SMILES string of the molecule is CC(C)(C)c1ccc(OP(O)O)c(C(C)(C)C)c1.COP(=S)(OC)Oc1ccc(C#N)cc1.O=C1C=C(N2CC2)C(=O)C(N2CC2)=C1N1CC1. The summed E-state index contributed by atoms with van der Waals surface area (Å²) in [5.41, 5.74) is 4.59. The molecule has 3 fully saturated rings. The van der Waals surface area contributed by atoms with E-state index < -0.39 is 15.3 Å². The summed E-state index contributed by atoms with van der Waals surface area (Å²) < 4.78 is 20.4. The summed E-state index contributed by atoms with van der Waals surface area (Å²) in [5.74, 6) is 1.13. The number of Topliss-reactive ketones (excluding diaryl/α,β-unsaturated/α-hetero) is 1. The Kier molecular flexibility index (Phi) is 12.6. The molecule has 0 aromatic heterocycles. The molecule has 0 radical (unpaired) electrons. The molecule has 0 saturated carbocycles. The van der Waals surface area contributed by atoms with Crippen LogP contribution in [0.5, 0.6) is 11.5 Å². The number of allylic oxidation sites excluding steroid dienone is 1. The molecule has 3 aliphatic heterocycles. The molecule has 50 heavy (non-hydrogen) atoms. The third kappa shape index (κ3) is 10.6. The van der Waals surface area contributed by atoms with Gasteiger partial charge in [-0.1, -0.05) is 53.7 Å². The maximum atomic E-state index is 12.4. The van der Waals surface area contributed by atoms with E-state index in [1.807, 2.05) is 32.9 Å². The first-order valence-electron chi connectivity index (χ1n) is 16.1. The van der Waals surface area contributed by atoms with E-state index in [4.69, 9.17) is 45.0 Å². The fraction of sp³-hybridized carbons (Fsp3) is 0.457. The molecule has 6 rings (SSSR count). The van der Waals surface area contributed by atoms with Crippen molar-refractivity contribution in [2.45, 2.75) is 52.4 Å². The average molecular weight is 745 g/mol. The third-order valence-corrected chi connectivity index (χ3v) is 10.8. The van der Waals surface area contributed by atoms with Crippen molar-refractivity contribution in [3.05, 3.63) is 82.3 Å². The summed E-state index contributed by atoms with van der Waals surface area (Å²) in [5, 5.41) is 8.60. The lowest BCUT2D eigenvalue weighted by Gasteiger charge is -2.27. The molecule has 3 saturated heterocycles. The summed E-state index contributed by atoms with van der Waals surface area (Å²) >= 11 is 5.03. The molecule has 3 heterocycles. The van der Waals surface area contributed by atoms with Gasteiger partial charge < -0.3 is 42.6 Å². The van der Waals surface area contributed by atoms with Crippen LogP contribution in [0, 0.1) is 11.3 Å². The number of carbonyl (C=O) groups is 2. The van der Waals surface area contributed by atoms with E-state index in [0.29, 0.717) is 34.2 Å². The van der Waals surface area contributed by atoms with Gasteiger partial charge in [-0.15, -0.1) is 0 Å². The Morgan fingerprint density at radius 3 is 1.80 bits per heavy atom. The molecule has 0 amide bonds. The van der Waals surface area contributed by atoms with E-state index in [9.17, 15) is 9.59 Å². The average Bonchev–Trinajstić information content (AvgIpc) is 3.89. The highest BCUT2D eigenvalue weighted by molar-refractivity contribution is 8.07. The largest absolute Gasteiger partial charge is 0.427 e. The zero-order valence-electron chi connectivity index (χ0n) is 29.8. The van der Waals surface area contributed by atoms with Gasteiger partial charge >= 0.3 is 15.3 Å². The van der Waals surface area contributed by atoms with Gasteiger partial charge in [-0.25, -0.2) is 0 Å². The zero-order chi connectivity index (χ0) is 37.0. The highest BCUT2D eigenvalue weighted by Crippen LogP contribution is 2.48. The third-order valence-electron chi connectivity index (χ3n) is 7.97. The van der Waals surface area contributed by atoms with Gasteiger partial charge in [-0.2, -0.15) is 5.26 Å². The monoisotopic (exact) mass is 744 g/mol. The van der Waals surface area contributed by atoms with Crippen molar-refractivity contribution in [3.8, 4) is 17.6 Å². The quantitative estimate of drug-likeness (QED) is 0.190. The predicted molar refractivity (Wildman–Crippen MR) is 196 cm³/mol. The molecule has 2 N–H and O–H groups in total. The summed E-state index contributed by atoms with van der Waals surface area (Å²) in [6, 6.07) is 14.5. The van der Waals surface area contributed by atoms with Crippen molar-refractivity contribution in [2.75, 3.05) is 53.5 Å². The van der Waals surface area contributed by atoms with Crippen LogP contribution in [0.4, 0.5) is 0 Å². The minimum atomic E-state index is -2.68. The lowest BCUT2D eigenvalue weighted by atomic mass is 9.80. The van der Waals surface area contributed by atoms with Crippen molar-refractivity contribution in [1.82, 2.24) is 14.7 Å². The molecule has 0 bridgehead atoms. The molecule has 2 aromatic carbocycles. The topological polar surface area (TPSA) is 144 Å². The van der Waals surface area contributed by atoms with E-state index in [1.165, 1.54) is 25.9 Å². The molecule has 0 spiro atoms. The standard InChI is InChI=1S/C14H23O3P.C12H13N3O2.C9H10NO3PS/c1-13(2,3)10-7-8-12(17-18(15)16)11(9-10)14(4,5)6;16-9-7-8(13-1-2-13)12(17)11(15-5-6-15)10(9)14-3-4-14;1-11-14(15,12-2)13-9-5-3-8(7-10)4-6-9/h7-9,15-16H,1-6H3;7H,1-6H2;3-6H,1-2H3. The van der Waals surface area contributed by atoms with E-state index in [2.05, 4.69) is 47.6 Å². The highest BCUT2D eigenvalue weighted by atomic mass is 32.5. The molecule has 270 valence electrons. The van der Waals surface area contributed by atoms with Crippen LogP contribution in [-0.4, -0.2) is 89.5 Å². The van der Waals surface area contributed by atoms with E-state index >= 15 is 0 Å². The molecule has 15 heteroatoms. The van der Waals surface area contributed by atoms with Gasteiger partial charge in [0, 0.05) is 76.9 Å². The van der Waals surface area contributed by atoms with Crippen molar-refractivity contribution < 1.29 is 37.5 Å². The number of benzene rings is 2. The van der Waals surface area contributed by atoms with E-state index in [-0.39, 0.29) is 22.4 Å². The number of ketones is 2. The predicted octanol–water partition coefficient (Wildman–Crippen LogP) is 5.51. The minimum absolute atomic E-state index is 0.00546. The molecular formula is C35H46N4O8P2S. The fourth-order valence-corrected chi connectivity index (χ4v) is 6.17. The minimum Gasteiger partial charge on any atom is -0.427 e.